The van der Waals surface area contributed by atoms with E-state index in [9.17, 15) is 31.2 Å². The van der Waals surface area contributed by atoms with Crippen molar-refractivity contribution >= 4 is 21.9 Å². The summed E-state index contributed by atoms with van der Waals surface area (Å²) in [7, 11) is -4.36. The largest absolute Gasteiger partial charge is 0.476 e. The number of aromatic nitrogens is 3. The van der Waals surface area contributed by atoms with Gasteiger partial charge >= 0.3 is 12.1 Å². The van der Waals surface area contributed by atoms with Gasteiger partial charge in [-0.25, -0.2) is 17.9 Å². The Hall–Kier alpha value is -3.78. The van der Waals surface area contributed by atoms with Crippen LogP contribution in [0.3, 0.4) is 0 Å². The molecule has 1 aromatic heterocycles. The highest BCUT2D eigenvalue weighted by Crippen LogP contribution is 2.34. The number of carboxylic acids is 1. The molecule has 2 atom stereocenters. The molecule has 0 unspecified atom stereocenters. The predicted octanol–water partition coefficient (Wildman–Crippen LogP) is 3.83. The van der Waals surface area contributed by atoms with Gasteiger partial charge in [-0.15, -0.1) is 5.10 Å². The molecule has 2 aromatic carbocycles. The summed E-state index contributed by atoms with van der Waals surface area (Å²) >= 11 is 0. The molecule has 1 amide bonds. The molecule has 4 rings (SSSR count). The van der Waals surface area contributed by atoms with Gasteiger partial charge in [-0.2, -0.15) is 17.5 Å². The number of benzene rings is 2. The Morgan fingerprint density at radius 1 is 1.10 bits per heavy atom. The quantitative estimate of drug-likeness (QED) is 0.414. The van der Waals surface area contributed by atoms with Crippen LogP contribution in [0.4, 0.5) is 13.2 Å². The van der Waals surface area contributed by atoms with Crippen LogP contribution < -0.4 is 5.32 Å². The van der Waals surface area contributed by atoms with Gasteiger partial charge in [0, 0.05) is 13.1 Å². The molecular weight excluding hydrogens is 551 g/mol. The van der Waals surface area contributed by atoms with Crippen molar-refractivity contribution < 1.29 is 36.3 Å². The number of rotatable bonds is 8. The Morgan fingerprint density at radius 3 is 2.30 bits per heavy atom. The van der Waals surface area contributed by atoms with Crippen LogP contribution in [0.5, 0.6) is 0 Å². The number of alkyl halides is 3. The summed E-state index contributed by atoms with van der Waals surface area (Å²) in [6, 6.07) is 8.91. The van der Waals surface area contributed by atoms with Gasteiger partial charge in [0.2, 0.25) is 15.9 Å². The van der Waals surface area contributed by atoms with E-state index in [0.717, 1.165) is 27.6 Å². The molecule has 10 nitrogen and oxygen atoms in total. The molecule has 1 aliphatic heterocycles. The third-order valence-corrected chi connectivity index (χ3v) is 8.76. The summed E-state index contributed by atoms with van der Waals surface area (Å²) in [4.78, 5) is 24.3. The number of amides is 1. The van der Waals surface area contributed by atoms with E-state index in [2.05, 4.69) is 29.5 Å². The molecule has 2 N–H and O–H groups in total. The maximum Gasteiger partial charge on any atom is 0.416 e. The van der Waals surface area contributed by atoms with E-state index in [4.69, 9.17) is 5.11 Å². The number of carbonyl (C=O) groups excluding carboxylic acids is 1. The molecular formula is C26H28F3N5O5S. The minimum atomic E-state index is -4.64. The fourth-order valence-electron chi connectivity index (χ4n) is 4.52. The van der Waals surface area contributed by atoms with Gasteiger partial charge in [-0.05, 0) is 54.2 Å². The predicted molar refractivity (Wildman–Crippen MR) is 137 cm³/mol. The Kier molecular flexibility index (Phi) is 8.30. The van der Waals surface area contributed by atoms with E-state index in [1.165, 1.54) is 10.9 Å². The number of hydrogen-bond donors (Lipinski definition) is 2. The molecule has 1 saturated heterocycles. The maximum absolute atomic E-state index is 13.5. The molecule has 0 bridgehead atoms. The third-order valence-electron chi connectivity index (χ3n) is 6.83. The summed E-state index contributed by atoms with van der Waals surface area (Å²) in [5.41, 5.74) is 0.617. The second kappa shape index (κ2) is 11.4. The van der Waals surface area contributed by atoms with Gasteiger partial charge in [-0.3, -0.25) is 4.79 Å². The van der Waals surface area contributed by atoms with E-state index in [1.54, 1.807) is 0 Å². The standard InChI is InChI=1S/C26H28F3N5O5S/c1-16(2)18-5-3-17(4-6-18)14-30-24(35)23-13-20(33-15-22(25(36)37)31-32-33)11-12-34(23)40(38,39)21-9-7-19(8-10-21)26(27,28)29/h3-10,15-16,20,23H,11-14H2,1-2H3,(H,30,35)(H,36,37)/t20-,23-/m1/s1. The molecule has 0 spiro atoms. The van der Waals surface area contributed by atoms with Gasteiger partial charge in [0.1, 0.15) is 6.04 Å². The van der Waals surface area contributed by atoms with Crippen LogP contribution in [0.1, 0.15) is 65.8 Å². The molecule has 1 aliphatic rings. The average Bonchev–Trinajstić information content (AvgIpc) is 3.42. The summed E-state index contributed by atoms with van der Waals surface area (Å²) in [5.74, 6) is -1.57. The summed E-state index contributed by atoms with van der Waals surface area (Å²) in [6.07, 6.45) is -3.32. The van der Waals surface area contributed by atoms with Crippen molar-refractivity contribution in [3.05, 3.63) is 77.1 Å². The Bertz CT molecular complexity index is 1470. The first-order valence-corrected chi connectivity index (χ1v) is 13.9. The molecule has 1 fully saturated rings. The minimum absolute atomic E-state index is 0.0552. The number of hydrogen-bond acceptors (Lipinski definition) is 6. The zero-order valence-electron chi connectivity index (χ0n) is 21.7. The van der Waals surface area contributed by atoms with Crippen molar-refractivity contribution in [2.75, 3.05) is 6.54 Å². The van der Waals surface area contributed by atoms with Gasteiger partial charge in [-0.1, -0.05) is 43.3 Å². The fraction of sp³-hybridized carbons (Fsp3) is 0.385. The maximum atomic E-state index is 13.5. The van der Waals surface area contributed by atoms with Crippen molar-refractivity contribution in [2.45, 2.75) is 62.3 Å². The Morgan fingerprint density at radius 2 is 1.75 bits per heavy atom. The van der Waals surface area contributed by atoms with E-state index in [-0.39, 0.29) is 36.5 Å². The Labute approximate surface area is 228 Å². The second-order valence-electron chi connectivity index (χ2n) is 9.83. The van der Waals surface area contributed by atoms with E-state index in [1.807, 2.05) is 24.3 Å². The molecule has 0 saturated carbocycles. The molecule has 214 valence electrons. The molecule has 0 radical (unpaired) electrons. The summed E-state index contributed by atoms with van der Waals surface area (Å²) in [5, 5.41) is 19.3. The first-order valence-electron chi connectivity index (χ1n) is 12.5. The average molecular weight is 580 g/mol. The lowest BCUT2D eigenvalue weighted by atomic mass is 9.98. The number of piperidine rings is 1. The van der Waals surface area contributed by atoms with Crippen molar-refractivity contribution in [1.82, 2.24) is 24.6 Å². The second-order valence-corrected chi connectivity index (χ2v) is 11.7. The van der Waals surface area contributed by atoms with Crippen LogP contribution in [-0.4, -0.2) is 57.3 Å². The third kappa shape index (κ3) is 6.33. The topological polar surface area (TPSA) is 134 Å². The number of aromatic carboxylic acids is 1. The van der Waals surface area contributed by atoms with Gasteiger partial charge in [0.05, 0.1) is 22.7 Å². The van der Waals surface area contributed by atoms with E-state index >= 15 is 0 Å². The van der Waals surface area contributed by atoms with Crippen LogP contribution >= 0.6 is 0 Å². The number of carbonyl (C=O) groups is 2. The zero-order chi connectivity index (χ0) is 29.2. The lowest BCUT2D eigenvalue weighted by molar-refractivity contribution is -0.137. The molecule has 2 heterocycles. The number of nitrogens with one attached hydrogen (secondary N) is 1. The SMILES string of the molecule is CC(C)c1ccc(CNC(=O)[C@H]2C[C@H](n3cc(C(=O)O)nn3)CCN2S(=O)(=O)c2ccc(C(F)(F)F)cc2)cc1. The highest BCUT2D eigenvalue weighted by Gasteiger charge is 2.42. The number of halogens is 3. The Balaban J connectivity index is 1.59. The minimum Gasteiger partial charge on any atom is -0.476 e. The van der Waals surface area contributed by atoms with Crippen LogP contribution in [0, 0.1) is 0 Å². The highest BCUT2D eigenvalue weighted by atomic mass is 32.2. The van der Waals surface area contributed by atoms with Crippen molar-refractivity contribution in [2.24, 2.45) is 0 Å². The molecule has 3 aromatic rings. The van der Waals surface area contributed by atoms with Crippen LogP contribution in [0.25, 0.3) is 0 Å². The van der Waals surface area contributed by atoms with E-state index in [0.29, 0.717) is 18.1 Å². The summed E-state index contributed by atoms with van der Waals surface area (Å²) < 4.78 is 68.4. The summed E-state index contributed by atoms with van der Waals surface area (Å²) in [6.45, 7) is 4.07. The first kappa shape index (κ1) is 29.2. The lowest BCUT2D eigenvalue weighted by Gasteiger charge is -2.37. The van der Waals surface area contributed by atoms with E-state index < -0.39 is 45.7 Å². The van der Waals surface area contributed by atoms with Crippen LogP contribution in [-0.2, 0) is 27.5 Å². The smallest absolute Gasteiger partial charge is 0.416 e. The van der Waals surface area contributed by atoms with Crippen LogP contribution in [0.15, 0.2) is 59.6 Å². The van der Waals surface area contributed by atoms with Crippen molar-refractivity contribution in [1.29, 1.82) is 0 Å². The fourth-order valence-corrected chi connectivity index (χ4v) is 6.14. The molecule has 40 heavy (non-hydrogen) atoms. The molecule has 14 heteroatoms. The van der Waals surface area contributed by atoms with Crippen molar-refractivity contribution in [3.8, 4) is 0 Å². The lowest BCUT2D eigenvalue weighted by Crippen LogP contribution is -2.53. The van der Waals surface area contributed by atoms with Crippen molar-refractivity contribution in [3.63, 3.8) is 0 Å². The van der Waals surface area contributed by atoms with Gasteiger partial charge < -0.3 is 10.4 Å². The van der Waals surface area contributed by atoms with Crippen LogP contribution in [0.2, 0.25) is 0 Å². The highest BCUT2D eigenvalue weighted by molar-refractivity contribution is 7.89. The monoisotopic (exact) mass is 579 g/mol. The zero-order valence-corrected chi connectivity index (χ0v) is 22.5. The number of carboxylic acid groups (broad SMARTS) is 1. The normalized spacial score (nSPS) is 18.6. The molecule has 0 aliphatic carbocycles. The first-order chi connectivity index (χ1) is 18.8. The number of sulfonamides is 1. The number of nitrogens with zero attached hydrogens (tertiary/aromatic N) is 4. The van der Waals surface area contributed by atoms with Gasteiger partial charge in [0.15, 0.2) is 5.69 Å². The van der Waals surface area contributed by atoms with Gasteiger partial charge in [0.25, 0.3) is 0 Å².